The summed E-state index contributed by atoms with van der Waals surface area (Å²) >= 11 is 0. The lowest BCUT2D eigenvalue weighted by Gasteiger charge is -2.09. The van der Waals surface area contributed by atoms with Gasteiger partial charge in [-0.25, -0.2) is 9.78 Å². The molecular formula is C7H4F3NO2. The van der Waals surface area contributed by atoms with Gasteiger partial charge in [0.25, 0.3) is 0 Å². The van der Waals surface area contributed by atoms with Crippen molar-refractivity contribution in [2.45, 2.75) is 5.92 Å². The summed E-state index contributed by atoms with van der Waals surface area (Å²) in [6, 6.07) is 1.35. The molecule has 0 atom stereocenters. The van der Waals surface area contributed by atoms with Gasteiger partial charge in [0, 0.05) is 6.20 Å². The predicted octanol–water partition coefficient (Wildman–Crippen LogP) is 1.40. The van der Waals surface area contributed by atoms with Gasteiger partial charge in [0.2, 0.25) is 5.95 Å². The molecule has 3 nitrogen and oxygen atoms in total. The lowest BCUT2D eigenvalue weighted by atomic mass is 10.1. The first-order valence-corrected chi connectivity index (χ1v) is 3.18. The molecule has 0 aliphatic rings. The lowest BCUT2D eigenvalue weighted by Crippen LogP contribution is -2.25. The Hall–Kier alpha value is -1.59. The number of carboxylic acid groups (broad SMARTS) is 1. The fourth-order valence-corrected chi connectivity index (χ4v) is 0.685. The zero-order chi connectivity index (χ0) is 10.1. The second-order valence-corrected chi connectivity index (χ2v) is 2.25. The minimum Gasteiger partial charge on any atom is -0.477 e. The van der Waals surface area contributed by atoms with Crippen molar-refractivity contribution in [3.05, 3.63) is 29.8 Å². The van der Waals surface area contributed by atoms with Gasteiger partial charge in [-0.3, -0.25) is 0 Å². The first kappa shape index (κ1) is 9.50. The Morgan fingerprint density at radius 2 is 2.08 bits per heavy atom. The predicted molar refractivity (Wildman–Crippen MR) is 35.7 cm³/mol. The van der Waals surface area contributed by atoms with Crippen molar-refractivity contribution in [1.82, 2.24) is 4.98 Å². The SMILES string of the molecule is O=C(O)C(F)(F)c1ccc(F)nc1. The van der Waals surface area contributed by atoms with Gasteiger partial charge in [-0.05, 0) is 12.1 Å². The molecule has 0 saturated carbocycles. The first-order chi connectivity index (χ1) is 5.94. The molecule has 0 aliphatic heterocycles. The number of hydrogen-bond donors (Lipinski definition) is 1. The average molecular weight is 191 g/mol. The van der Waals surface area contributed by atoms with Crippen LogP contribution in [0.5, 0.6) is 0 Å². The van der Waals surface area contributed by atoms with E-state index in [1.807, 2.05) is 0 Å². The van der Waals surface area contributed by atoms with Crippen molar-refractivity contribution in [1.29, 1.82) is 0 Å². The van der Waals surface area contributed by atoms with Crippen LogP contribution >= 0.6 is 0 Å². The van der Waals surface area contributed by atoms with E-state index in [1.165, 1.54) is 0 Å². The van der Waals surface area contributed by atoms with E-state index >= 15 is 0 Å². The third-order valence-electron chi connectivity index (χ3n) is 1.36. The smallest absolute Gasteiger partial charge is 0.379 e. The molecule has 0 unspecified atom stereocenters. The quantitative estimate of drug-likeness (QED) is 0.718. The Bertz CT molecular complexity index is 323. The summed E-state index contributed by atoms with van der Waals surface area (Å²) in [6.45, 7) is 0. The van der Waals surface area contributed by atoms with Gasteiger partial charge in [0.15, 0.2) is 0 Å². The molecule has 1 N–H and O–H groups in total. The summed E-state index contributed by atoms with van der Waals surface area (Å²) in [5.74, 6) is -7.26. The Morgan fingerprint density at radius 3 is 2.46 bits per heavy atom. The van der Waals surface area contributed by atoms with E-state index in [4.69, 9.17) is 5.11 Å². The number of aromatic nitrogens is 1. The minimum absolute atomic E-state index is 0.490. The molecule has 0 saturated heterocycles. The van der Waals surface area contributed by atoms with Crippen molar-refractivity contribution in [2.24, 2.45) is 0 Å². The number of halogens is 3. The molecule has 0 bridgehead atoms. The normalized spacial score (nSPS) is 11.3. The number of carbonyl (C=O) groups is 1. The molecule has 1 rings (SSSR count). The summed E-state index contributed by atoms with van der Waals surface area (Å²) in [4.78, 5) is 13.0. The number of pyridine rings is 1. The molecule has 0 aromatic carbocycles. The number of carboxylic acids is 1. The van der Waals surface area contributed by atoms with E-state index in [0.29, 0.717) is 18.3 Å². The first-order valence-electron chi connectivity index (χ1n) is 3.18. The second-order valence-electron chi connectivity index (χ2n) is 2.25. The highest BCUT2D eigenvalue weighted by Gasteiger charge is 2.41. The third-order valence-corrected chi connectivity index (χ3v) is 1.36. The molecular weight excluding hydrogens is 187 g/mol. The topological polar surface area (TPSA) is 50.2 Å². The molecule has 13 heavy (non-hydrogen) atoms. The number of rotatable bonds is 2. The number of nitrogens with zero attached hydrogens (tertiary/aromatic N) is 1. The maximum Gasteiger partial charge on any atom is 0.379 e. The van der Waals surface area contributed by atoms with Gasteiger partial charge < -0.3 is 5.11 Å². The van der Waals surface area contributed by atoms with Crippen LogP contribution in [0.1, 0.15) is 5.56 Å². The third kappa shape index (κ3) is 1.77. The van der Waals surface area contributed by atoms with Crippen molar-refractivity contribution in [3.8, 4) is 0 Å². The number of alkyl halides is 2. The van der Waals surface area contributed by atoms with E-state index in [1.54, 1.807) is 0 Å². The van der Waals surface area contributed by atoms with Crippen LogP contribution in [0.15, 0.2) is 18.3 Å². The van der Waals surface area contributed by atoms with E-state index in [2.05, 4.69) is 4.98 Å². The Balaban J connectivity index is 3.08. The van der Waals surface area contributed by atoms with Crippen molar-refractivity contribution >= 4 is 5.97 Å². The summed E-state index contributed by atoms with van der Waals surface area (Å²) in [5.41, 5.74) is -0.846. The molecule has 0 amide bonds. The molecule has 70 valence electrons. The number of aliphatic carboxylic acids is 1. The summed E-state index contributed by atoms with van der Waals surface area (Å²) in [6.07, 6.45) is 0.490. The monoisotopic (exact) mass is 191 g/mol. The molecule has 1 aromatic rings. The highest BCUT2D eigenvalue weighted by molar-refractivity contribution is 5.77. The maximum absolute atomic E-state index is 12.6. The van der Waals surface area contributed by atoms with Gasteiger partial charge >= 0.3 is 11.9 Å². The van der Waals surface area contributed by atoms with Crippen molar-refractivity contribution in [3.63, 3.8) is 0 Å². The van der Waals surface area contributed by atoms with Crippen LogP contribution < -0.4 is 0 Å². The van der Waals surface area contributed by atoms with Gasteiger partial charge in [-0.1, -0.05) is 0 Å². The van der Waals surface area contributed by atoms with Gasteiger partial charge in [0.1, 0.15) is 0 Å². The van der Waals surface area contributed by atoms with Gasteiger partial charge in [0.05, 0.1) is 5.56 Å². The molecule has 0 radical (unpaired) electrons. The van der Waals surface area contributed by atoms with Gasteiger partial charge in [-0.2, -0.15) is 13.2 Å². The average Bonchev–Trinajstić information content (AvgIpc) is 2.04. The highest BCUT2D eigenvalue weighted by atomic mass is 19.3. The fourth-order valence-electron chi connectivity index (χ4n) is 0.685. The molecule has 1 aromatic heterocycles. The molecule has 1 heterocycles. The van der Waals surface area contributed by atoms with Crippen LogP contribution in [0.4, 0.5) is 13.2 Å². The molecule has 0 spiro atoms. The van der Waals surface area contributed by atoms with E-state index in [-0.39, 0.29) is 0 Å². The van der Waals surface area contributed by atoms with Crippen LogP contribution in [0.25, 0.3) is 0 Å². The van der Waals surface area contributed by atoms with Gasteiger partial charge in [-0.15, -0.1) is 0 Å². The fraction of sp³-hybridized carbons (Fsp3) is 0.143. The lowest BCUT2D eigenvalue weighted by molar-refractivity contribution is -0.166. The van der Waals surface area contributed by atoms with Crippen molar-refractivity contribution < 1.29 is 23.1 Å². The largest absolute Gasteiger partial charge is 0.477 e. The highest BCUT2D eigenvalue weighted by Crippen LogP contribution is 2.27. The standard InChI is InChI=1S/C7H4F3NO2/c8-5-2-1-4(3-11-5)7(9,10)6(12)13/h1-3H,(H,12,13). The maximum atomic E-state index is 12.6. The van der Waals surface area contributed by atoms with Crippen LogP contribution in [-0.4, -0.2) is 16.1 Å². The molecule has 0 fully saturated rings. The van der Waals surface area contributed by atoms with E-state index < -0.39 is 23.4 Å². The number of hydrogen-bond acceptors (Lipinski definition) is 2. The minimum atomic E-state index is -4.03. The van der Waals surface area contributed by atoms with E-state index in [9.17, 15) is 18.0 Å². The molecule has 0 aliphatic carbocycles. The van der Waals surface area contributed by atoms with Crippen LogP contribution in [0.3, 0.4) is 0 Å². The van der Waals surface area contributed by atoms with Crippen molar-refractivity contribution in [2.75, 3.05) is 0 Å². The summed E-state index contributed by atoms with van der Waals surface area (Å²) < 4.78 is 37.5. The zero-order valence-corrected chi connectivity index (χ0v) is 6.17. The van der Waals surface area contributed by atoms with Crippen LogP contribution in [0, 0.1) is 5.95 Å². The molecule has 6 heteroatoms. The van der Waals surface area contributed by atoms with E-state index in [0.717, 1.165) is 0 Å². The summed E-state index contributed by atoms with van der Waals surface area (Å²) in [5, 5.41) is 8.09. The summed E-state index contributed by atoms with van der Waals surface area (Å²) in [7, 11) is 0. The second kappa shape index (κ2) is 3.04. The van der Waals surface area contributed by atoms with Crippen LogP contribution in [0.2, 0.25) is 0 Å². The Labute approximate surface area is 70.8 Å². The van der Waals surface area contributed by atoms with Crippen LogP contribution in [-0.2, 0) is 10.7 Å². The Kier molecular flexibility index (Phi) is 2.22. The Morgan fingerprint density at radius 1 is 1.46 bits per heavy atom. The zero-order valence-electron chi connectivity index (χ0n) is 6.17.